The van der Waals surface area contributed by atoms with Gasteiger partial charge in [-0.15, -0.1) is 0 Å². The van der Waals surface area contributed by atoms with Gasteiger partial charge in [-0.1, -0.05) is 42.1 Å². The van der Waals surface area contributed by atoms with Gasteiger partial charge in [0.1, 0.15) is 16.3 Å². The number of halogens is 3. The summed E-state index contributed by atoms with van der Waals surface area (Å²) in [6, 6.07) is 11.1. The summed E-state index contributed by atoms with van der Waals surface area (Å²) in [4.78, 5) is 16.3. The van der Waals surface area contributed by atoms with Gasteiger partial charge in [0.15, 0.2) is 0 Å². The molecule has 1 aromatic carbocycles. The SMILES string of the molecule is CCOC(=O)C(C)Sc1nc2c(c(C(F)(F)F)c1C#N)CC(c1ccccc1)CC2. The van der Waals surface area contributed by atoms with Gasteiger partial charge in [0.25, 0.3) is 0 Å². The summed E-state index contributed by atoms with van der Waals surface area (Å²) in [6.45, 7) is 3.35. The van der Waals surface area contributed by atoms with Gasteiger partial charge >= 0.3 is 12.1 Å². The lowest BCUT2D eigenvalue weighted by Crippen LogP contribution is -2.23. The average molecular weight is 434 g/mol. The summed E-state index contributed by atoms with van der Waals surface area (Å²) in [6.07, 6.45) is -3.47. The zero-order chi connectivity index (χ0) is 21.9. The zero-order valence-electron chi connectivity index (χ0n) is 16.6. The molecule has 0 N–H and O–H groups in total. The number of carbonyl (C=O) groups is 1. The second kappa shape index (κ2) is 9.09. The van der Waals surface area contributed by atoms with E-state index in [0.717, 1.165) is 17.3 Å². The molecule has 2 aromatic rings. The van der Waals surface area contributed by atoms with Gasteiger partial charge < -0.3 is 4.74 Å². The number of alkyl halides is 3. The van der Waals surface area contributed by atoms with Crippen LogP contribution in [0.2, 0.25) is 0 Å². The Morgan fingerprint density at radius 1 is 1.37 bits per heavy atom. The van der Waals surface area contributed by atoms with E-state index in [1.807, 2.05) is 30.3 Å². The number of pyridine rings is 1. The Kier molecular flexibility index (Phi) is 6.71. The highest BCUT2D eigenvalue weighted by molar-refractivity contribution is 8.00. The first kappa shape index (κ1) is 22.2. The molecule has 0 radical (unpaired) electrons. The van der Waals surface area contributed by atoms with E-state index in [1.165, 1.54) is 6.92 Å². The van der Waals surface area contributed by atoms with Crippen LogP contribution in [0, 0.1) is 11.3 Å². The number of fused-ring (bicyclic) bond motifs is 1. The molecule has 0 spiro atoms. The van der Waals surface area contributed by atoms with Gasteiger partial charge in [-0.25, -0.2) is 4.98 Å². The summed E-state index contributed by atoms with van der Waals surface area (Å²) in [5.41, 5.74) is -0.0196. The second-order valence-corrected chi connectivity index (χ2v) is 8.39. The van der Waals surface area contributed by atoms with Crippen LogP contribution >= 0.6 is 11.8 Å². The first-order valence-corrected chi connectivity index (χ1v) is 10.6. The zero-order valence-corrected chi connectivity index (χ0v) is 17.4. The summed E-state index contributed by atoms with van der Waals surface area (Å²) >= 11 is 0.835. The predicted octanol–water partition coefficient (Wildman–Crippen LogP) is 5.29. The number of hydrogen-bond acceptors (Lipinski definition) is 5. The Labute approximate surface area is 177 Å². The van der Waals surface area contributed by atoms with Crippen LogP contribution in [0.3, 0.4) is 0 Å². The summed E-state index contributed by atoms with van der Waals surface area (Å²) in [7, 11) is 0. The van der Waals surface area contributed by atoms with Crippen molar-refractivity contribution >= 4 is 17.7 Å². The number of thioether (sulfide) groups is 1. The maximum Gasteiger partial charge on any atom is 0.418 e. The molecule has 0 fully saturated rings. The van der Waals surface area contributed by atoms with Crippen LogP contribution in [0.15, 0.2) is 35.4 Å². The molecule has 2 unspecified atom stereocenters. The molecule has 8 heteroatoms. The molecule has 30 heavy (non-hydrogen) atoms. The van der Waals surface area contributed by atoms with Crippen LogP contribution in [0.4, 0.5) is 13.2 Å². The molecule has 0 bridgehead atoms. The van der Waals surface area contributed by atoms with E-state index in [2.05, 4.69) is 4.98 Å². The molecular formula is C22H21F3N2O2S. The van der Waals surface area contributed by atoms with Crippen molar-refractivity contribution in [3.05, 3.63) is 58.3 Å². The third-order valence-corrected chi connectivity index (χ3v) is 6.17. The monoisotopic (exact) mass is 434 g/mol. The number of aromatic nitrogens is 1. The highest BCUT2D eigenvalue weighted by atomic mass is 32.2. The fraction of sp³-hybridized carbons (Fsp3) is 0.409. The Balaban J connectivity index is 2.06. The van der Waals surface area contributed by atoms with E-state index in [9.17, 15) is 23.2 Å². The van der Waals surface area contributed by atoms with Gasteiger partial charge in [0.05, 0.1) is 17.7 Å². The van der Waals surface area contributed by atoms with Crippen molar-refractivity contribution in [3.63, 3.8) is 0 Å². The van der Waals surface area contributed by atoms with Crippen LogP contribution in [0.1, 0.15) is 54.1 Å². The lowest BCUT2D eigenvalue weighted by molar-refractivity contribution is -0.142. The minimum absolute atomic E-state index is 0.0647. The number of ether oxygens (including phenoxy) is 1. The Hall–Kier alpha value is -2.53. The molecule has 1 heterocycles. The van der Waals surface area contributed by atoms with Crippen LogP contribution in [-0.2, 0) is 28.5 Å². The molecule has 0 saturated carbocycles. The number of rotatable bonds is 5. The lowest BCUT2D eigenvalue weighted by atomic mass is 9.79. The van der Waals surface area contributed by atoms with Gasteiger partial charge in [-0.3, -0.25) is 4.79 Å². The van der Waals surface area contributed by atoms with E-state index < -0.39 is 28.5 Å². The van der Waals surface area contributed by atoms with E-state index >= 15 is 0 Å². The van der Waals surface area contributed by atoms with Crippen molar-refractivity contribution in [2.75, 3.05) is 6.61 Å². The first-order valence-electron chi connectivity index (χ1n) is 9.67. The Morgan fingerprint density at radius 2 is 2.07 bits per heavy atom. The molecule has 158 valence electrons. The van der Waals surface area contributed by atoms with Gasteiger partial charge in [0.2, 0.25) is 0 Å². The van der Waals surface area contributed by atoms with E-state index in [-0.39, 0.29) is 29.5 Å². The number of nitriles is 1. The normalized spacial score (nSPS) is 17.0. The highest BCUT2D eigenvalue weighted by Crippen LogP contribution is 2.44. The molecular weight excluding hydrogens is 413 g/mol. The van der Waals surface area contributed by atoms with E-state index in [4.69, 9.17) is 4.74 Å². The van der Waals surface area contributed by atoms with Crippen LogP contribution in [-0.4, -0.2) is 22.8 Å². The lowest BCUT2D eigenvalue weighted by Gasteiger charge is -2.28. The highest BCUT2D eigenvalue weighted by Gasteiger charge is 2.41. The van der Waals surface area contributed by atoms with Gasteiger partial charge in [-0.2, -0.15) is 18.4 Å². The fourth-order valence-electron chi connectivity index (χ4n) is 3.72. The Morgan fingerprint density at radius 3 is 2.67 bits per heavy atom. The summed E-state index contributed by atoms with van der Waals surface area (Å²) in [5.74, 6) is -0.617. The minimum Gasteiger partial charge on any atom is -0.465 e. The molecule has 4 nitrogen and oxygen atoms in total. The third-order valence-electron chi connectivity index (χ3n) is 5.10. The average Bonchev–Trinajstić information content (AvgIpc) is 2.72. The van der Waals surface area contributed by atoms with Crippen molar-refractivity contribution < 1.29 is 22.7 Å². The van der Waals surface area contributed by atoms with Crippen molar-refractivity contribution in [3.8, 4) is 6.07 Å². The number of esters is 1. The van der Waals surface area contributed by atoms with Crippen molar-refractivity contribution in [1.82, 2.24) is 4.98 Å². The molecule has 3 rings (SSSR count). The molecule has 1 aromatic heterocycles. The molecule has 0 saturated heterocycles. The molecule has 1 aliphatic carbocycles. The molecule has 0 aliphatic heterocycles. The number of nitrogens with zero attached hydrogens (tertiary/aromatic N) is 2. The van der Waals surface area contributed by atoms with E-state index in [1.54, 1.807) is 13.0 Å². The fourth-order valence-corrected chi connectivity index (χ4v) is 4.65. The first-order chi connectivity index (χ1) is 14.3. The number of aryl methyl sites for hydroxylation is 1. The second-order valence-electron chi connectivity index (χ2n) is 7.06. The third kappa shape index (κ3) is 4.62. The summed E-state index contributed by atoms with van der Waals surface area (Å²) < 4.78 is 47.1. The van der Waals surface area contributed by atoms with Gasteiger partial charge in [-0.05, 0) is 50.2 Å². The van der Waals surface area contributed by atoms with E-state index in [0.29, 0.717) is 18.5 Å². The van der Waals surface area contributed by atoms with Crippen molar-refractivity contribution in [2.45, 2.75) is 55.5 Å². The summed E-state index contributed by atoms with van der Waals surface area (Å²) in [5, 5.41) is 8.74. The predicted molar refractivity (Wildman–Crippen MR) is 107 cm³/mol. The van der Waals surface area contributed by atoms with Gasteiger partial charge in [0, 0.05) is 5.69 Å². The topological polar surface area (TPSA) is 63.0 Å². The standard InChI is InChI=1S/C22H21F3N2O2S/c1-3-29-21(28)13(2)30-20-17(12-26)19(22(23,24)25)16-11-15(9-10-18(16)27-20)14-7-5-4-6-8-14/h4-8,13,15H,3,9-11H2,1-2H3. The minimum atomic E-state index is -4.70. The van der Waals surface area contributed by atoms with Crippen molar-refractivity contribution in [1.29, 1.82) is 5.26 Å². The number of benzene rings is 1. The van der Waals surface area contributed by atoms with Crippen LogP contribution < -0.4 is 0 Å². The smallest absolute Gasteiger partial charge is 0.418 e. The maximum atomic E-state index is 14.1. The van der Waals surface area contributed by atoms with Crippen LogP contribution in [0.25, 0.3) is 0 Å². The largest absolute Gasteiger partial charge is 0.465 e. The van der Waals surface area contributed by atoms with Crippen LogP contribution in [0.5, 0.6) is 0 Å². The quantitative estimate of drug-likeness (QED) is 0.473. The molecule has 1 aliphatic rings. The Bertz CT molecular complexity index is 971. The molecule has 2 atom stereocenters. The number of hydrogen-bond donors (Lipinski definition) is 0. The number of carbonyl (C=O) groups excluding carboxylic acids is 1. The maximum absolute atomic E-state index is 14.1. The van der Waals surface area contributed by atoms with Crippen molar-refractivity contribution in [2.24, 2.45) is 0 Å². The molecule has 0 amide bonds.